The fraction of sp³-hybridized carbons (Fsp3) is 0.0952. The highest BCUT2D eigenvalue weighted by atomic mass is 32.2. The van der Waals surface area contributed by atoms with Gasteiger partial charge in [0.1, 0.15) is 5.82 Å². The molecule has 7 heteroatoms. The molecule has 0 atom stereocenters. The SMILES string of the molecule is O=C(CSc1nnc(Cc2cccs2)n1-c1ccccc1)Nc1ccccc1. The average molecular weight is 407 g/mol. The normalized spacial score (nSPS) is 10.7. The van der Waals surface area contributed by atoms with Gasteiger partial charge < -0.3 is 5.32 Å². The summed E-state index contributed by atoms with van der Waals surface area (Å²) in [4.78, 5) is 13.5. The zero-order chi connectivity index (χ0) is 19.2. The van der Waals surface area contributed by atoms with Gasteiger partial charge in [0.05, 0.1) is 5.75 Å². The van der Waals surface area contributed by atoms with Crippen LogP contribution in [0.3, 0.4) is 0 Å². The second-order valence-corrected chi connectivity index (χ2v) is 8.00. The van der Waals surface area contributed by atoms with Crippen LogP contribution in [-0.4, -0.2) is 26.4 Å². The summed E-state index contributed by atoms with van der Waals surface area (Å²) in [6.07, 6.45) is 0.705. The third kappa shape index (κ3) is 4.49. The summed E-state index contributed by atoms with van der Waals surface area (Å²) in [5, 5.41) is 14.4. The molecule has 28 heavy (non-hydrogen) atoms. The van der Waals surface area contributed by atoms with Gasteiger partial charge in [-0.15, -0.1) is 21.5 Å². The Labute approximate surface area is 171 Å². The number of para-hydroxylation sites is 2. The first kappa shape index (κ1) is 18.5. The Balaban J connectivity index is 1.53. The molecule has 0 aliphatic heterocycles. The van der Waals surface area contributed by atoms with E-state index in [-0.39, 0.29) is 11.7 Å². The van der Waals surface area contributed by atoms with E-state index in [4.69, 9.17) is 0 Å². The van der Waals surface area contributed by atoms with Crippen molar-refractivity contribution in [1.82, 2.24) is 14.8 Å². The van der Waals surface area contributed by atoms with Crippen molar-refractivity contribution in [1.29, 1.82) is 0 Å². The van der Waals surface area contributed by atoms with Gasteiger partial charge in [-0.25, -0.2) is 0 Å². The first-order chi connectivity index (χ1) is 13.8. The predicted molar refractivity (Wildman–Crippen MR) is 114 cm³/mol. The number of hydrogen-bond acceptors (Lipinski definition) is 5. The van der Waals surface area contributed by atoms with Crippen LogP contribution in [0.25, 0.3) is 5.69 Å². The van der Waals surface area contributed by atoms with Crippen molar-refractivity contribution in [2.24, 2.45) is 0 Å². The van der Waals surface area contributed by atoms with Crippen LogP contribution in [0.2, 0.25) is 0 Å². The Morgan fingerprint density at radius 2 is 1.71 bits per heavy atom. The van der Waals surface area contributed by atoms with Crippen molar-refractivity contribution in [3.05, 3.63) is 88.9 Å². The highest BCUT2D eigenvalue weighted by Gasteiger charge is 2.16. The molecular weight excluding hydrogens is 388 g/mol. The Morgan fingerprint density at radius 1 is 0.964 bits per heavy atom. The number of aromatic nitrogens is 3. The number of anilines is 1. The molecule has 1 amide bonds. The molecule has 0 bridgehead atoms. The molecule has 1 N–H and O–H groups in total. The molecule has 140 valence electrons. The third-order valence-corrected chi connectivity index (χ3v) is 5.82. The zero-order valence-electron chi connectivity index (χ0n) is 15.0. The number of carbonyl (C=O) groups excluding carboxylic acids is 1. The van der Waals surface area contributed by atoms with E-state index in [1.807, 2.05) is 71.3 Å². The van der Waals surface area contributed by atoms with E-state index in [0.717, 1.165) is 17.2 Å². The Morgan fingerprint density at radius 3 is 2.43 bits per heavy atom. The van der Waals surface area contributed by atoms with E-state index < -0.39 is 0 Å². The van der Waals surface area contributed by atoms with Gasteiger partial charge >= 0.3 is 0 Å². The maximum atomic E-state index is 12.3. The van der Waals surface area contributed by atoms with Crippen molar-refractivity contribution < 1.29 is 4.79 Å². The molecule has 0 aliphatic carbocycles. The van der Waals surface area contributed by atoms with Gasteiger partial charge in [-0.3, -0.25) is 9.36 Å². The smallest absolute Gasteiger partial charge is 0.234 e. The molecule has 4 aromatic rings. The summed E-state index contributed by atoms with van der Waals surface area (Å²) in [6, 6.07) is 23.6. The van der Waals surface area contributed by atoms with Gasteiger partial charge in [-0.1, -0.05) is 54.2 Å². The van der Waals surface area contributed by atoms with Crippen LogP contribution >= 0.6 is 23.1 Å². The number of benzene rings is 2. The molecular formula is C21H18N4OS2. The van der Waals surface area contributed by atoms with E-state index in [2.05, 4.69) is 27.0 Å². The molecule has 0 spiro atoms. The van der Waals surface area contributed by atoms with Crippen molar-refractivity contribution in [2.45, 2.75) is 11.6 Å². The molecule has 0 saturated heterocycles. The van der Waals surface area contributed by atoms with Gasteiger partial charge in [0.15, 0.2) is 5.16 Å². The van der Waals surface area contributed by atoms with Crippen LogP contribution in [0.15, 0.2) is 83.3 Å². The van der Waals surface area contributed by atoms with E-state index in [1.165, 1.54) is 16.6 Å². The lowest BCUT2D eigenvalue weighted by atomic mass is 10.3. The fourth-order valence-corrected chi connectivity index (χ4v) is 4.23. The number of hydrogen-bond donors (Lipinski definition) is 1. The maximum Gasteiger partial charge on any atom is 0.234 e. The second kappa shape index (κ2) is 8.86. The molecule has 0 aliphatic rings. The van der Waals surface area contributed by atoms with Crippen LogP contribution in [0.5, 0.6) is 0 Å². The summed E-state index contributed by atoms with van der Waals surface area (Å²) < 4.78 is 2.03. The number of nitrogens with zero attached hydrogens (tertiary/aromatic N) is 3. The number of thioether (sulfide) groups is 1. The Kier molecular flexibility index (Phi) is 5.84. The van der Waals surface area contributed by atoms with E-state index in [1.54, 1.807) is 11.3 Å². The first-order valence-electron chi connectivity index (χ1n) is 8.79. The topological polar surface area (TPSA) is 59.8 Å². The van der Waals surface area contributed by atoms with E-state index >= 15 is 0 Å². The summed E-state index contributed by atoms with van der Waals surface area (Å²) in [5.41, 5.74) is 1.78. The van der Waals surface area contributed by atoms with Crippen LogP contribution < -0.4 is 5.32 Å². The molecule has 4 rings (SSSR count). The molecule has 0 radical (unpaired) electrons. The quantitative estimate of drug-likeness (QED) is 0.454. The minimum atomic E-state index is -0.0707. The largest absolute Gasteiger partial charge is 0.325 e. The zero-order valence-corrected chi connectivity index (χ0v) is 16.6. The Bertz CT molecular complexity index is 1030. The molecule has 2 aromatic heterocycles. The van der Waals surface area contributed by atoms with Gasteiger partial charge in [-0.05, 0) is 35.7 Å². The minimum Gasteiger partial charge on any atom is -0.325 e. The van der Waals surface area contributed by atoms with Crippen LogP contribution in [0.1, 0.15) is 10.7 Å². The van der Waals surface area contributed by atoms with Crippen molar-refractivity contribution >= 4 is 34.7 Å². The van der Waals surface area contributed by atoms with E-state index in [0.29, 0.717) is 11.6 Å². The van der Waals surface area contributed by atoms with Crippen molar-refractivity contribution in [2.75, 3.05) is 11.1 Å². The minimum absolute atomic E-state index is 0.0707. The number of amides is 1. The summed E-state index contributed by atoms with van der Waals surface area (Å²) in [5.74, 6) is 1.05. The highest BCUT2D eigenvalue weighted by Crippen LogP contribution is 2.24. The number of thiophene rings is 1. The molecule has 0 unspecified atom stereocenters. The second-order valence-electron chi connectivity index (χ2n) is 6.03. The highest BCUT2D eigenvalue weighted by molar-refractivity contribution is 7.99. The lowest BCUT2D eigenvalue weighted by Gasteiger charge is -2.10. The van der Waals surface area contributed by atoms with Crippen LogP contribution in [0, 0.1) is 0 Å². The summed E-state index contributed by atoms with van der Waals surface area (Å²) in [6.45, 7) is 0. The predicted octanol–water partition coefficient (Wildman–Crippen LogP) is 4.65. The first-order valence-corrected chi connectivity index (χ1v) is 10.7. The molecule has 0 saturated carbocycles. The lowest BCUT2D eigenvalue weighted by molar-refractivity contribution is -0.113. The van der Waals surface area contributed by atoms with Crippen LogP contribution in [-0.2, 0) is 11.2 Å². The summed E-state index contributed by atoms with van der Waals surface area (Å²) in [7, 11) is 0. The number of nitrogens with one attached hydrogen (secondary N) is 1. The fourth-order valence-electron chi connectivity index (χ4n) is 2.76. The van der Waals surface area contributed by atoms with Gasteiger partial charge in [-0.2, -0.15) is 0 Å². The number of rotatable bonds is 7. The summed E-state index contributed by atoms with van der Waals surface area (Å²) >= 11 is 3.08. The monoisotopic (exact) mass is 406 g/mol. The average Bonchev–Trinajstić information content (AvgIpc) is 3.38. The molecule has 2 heterocycles. The molecule has 0 fully saturated rings. The lowest BCUT2D eigenvalue weighted by Crippen LogP contribution is -2.14. The standard InChI is InChI=1S/C21H18N4OS2/c26-20(22-16-8-3-1-4-9-16)15-28-21-24-23-19(14-18-12-7-13-27-18)25(21)17-10-5-2-6-11-17/h1-13H,14-15H2,(H,22,26). The van der Waals surface area contributed by atoms with Crippen LogP contribution in [0.4, 0.5) is 5.69 Å². The van der Waals surface area contributed by atoms with Gasteiger partial charge in [0.2, 0.25) is 5.91 Å². The van der Waals surface area contributed by atoms with Crippen molar-refractivity contribution in [3.8, 4) is 5.69 Å². The van der Waals surface area contributed by atoms with Gasteiger partial charge in [0, 0.05) is 22.7 Å². The Hall–Kier alpha value is -2.90. The van der Waals surface area contributed by atoms with Gasteiger partial charge in [0.25, 0.3) is 0 Å². The maximum absolute atomic E-state index is 12.3. The van der Waals surface area contributed by atoms with E-state index in [9.17, 15) is 4.79 Å². The van der Waals surface area contributed by atoms with Crippen molar-refractivity contribution in [3.63, 3.8) is 0 Å². The third-order valence-electron chi connectivity index (χ3n) is 4.02. The molecule has 2 aromatic carbocycles. The molecule has 5 nitrogen and oxygen atoms in total. The number of carbonyl (C=O) groups is 1.